The predicted molar refractivity (Wildman–Crippen MR) is 78.9 cm³/mol. The quantitative estimate of drug-likeness (QED) is 0.702. The SMILES string of the molecule is Nc1ccc(-c2nc(-c3ccccc3Br)no2)c(O)c1. The van der Waals surface area contributed by atoms with Gasteiger partial charge in [0.1, 0.15) is 5.75 Å². The summed E-state index contributed by atoms with van der Waals surface area (Å²) in [5.41, 5.74) is 7.32. The fourth-order valence-electron chi connectivity index (χ4n) is 1.81. The number of aromatic nitrogens is 2. The highest BCUT2D eigenvalue weighted by atomic mass is 79.9. The maximum absolute atomic E-state index is 9.86. The molecule has 3 aromatic rings. The molecule has 2 aromatic carbocycles. The summed E-state index contributed by atoms with van der Waals surface area (Å²) >= 11 is 3.43. The third kappa shape index (κ3) is 2.25. The first-order valence-corrected chi connectivity index (χ1v) is 6.62. The lowest BCUT2D eigenvalue weighted by molar-refractivity contribution is 0.426. The van der Waals surface area contributed by atoms with Gasteiger partial charge in [-0.15, -0.1) is 0 Å². The average Bonchev–Trinajstić information content (AvgIpc) is 2.88. The molecule has 0 saturated heterocycles. The normalized spacial score (nSPS) is 10.7. The monoisotopic (exact) mass is 331 g/mol. The van der Waals surface area contributed by atoms with Crippen LogP contribution < -0.4 is 5.73 Å². The molecule has 0 saturated carbocycles. The number of phenolic OH excluding ortho intramolecular Hbond substituents is 1. The van der Waals surface area contributed by atoms with Gasteiger partial charge in [-0.05, 0) is 24.3 Å². The lowest BCUT2D eigenvalue weighted by Gasteiger charge is -2.00. The second-order valence-corrected chi connectivity index (χ2v) is 5.03. The van der Waals surface area contributed by atoms with Crippen LogP contribution in [0.15, 0.2) is 51.5 Å². The molecule has 20 heavy (non-hydrogen) atoms. The number of hydrogen-bond acceptors (Lipinski definition) is 5. The van der Waals surface area contributed by atoms with E-state index >= 15 is 0 Å². The molecule has 3 rings (SSSR count). The van der Waals surface area contributed by atoms with Gasteiger partial charge < -0.3 is 15.4 Å². The highest BCUT2D eigenvalue weighted by Crippen LogP contribution is 2.32. The van der Waals surface area contributed by atoms with Crippen molar-refractivity contribution in [3.05, 3.63) is 46.9 Å². The third-order valence-corrected chi connectivity index (χ3v) is 3.48. The van der Waals surface area contributed by atoms with Crippen LogP contribution >= 0.6 is 15.9 Å². The van der Waals surface area contributed by atoms with E-state index in [1.807, 2.05) is 24.3 Å². The van der Waals surface area contributed by atoms with E-state index in [4.69, 9.17) is 10.3 Å². The van der Waals surface area contributed by atoms with Gasteiger partial charge in [0.05, 0.1) is 5.56 Å². The van der Waals surface area contributed by atoms with Crippen molar-refractivity contribution in [2.45, 2.75) is 0 Å². The lowest BCUT2D eigenvalue weighted by Crippen LogP contribution is -1.86. The van der Waals surface area contributed by atoms with Crippen molar-refractivity contribution in [2.75, 3.05) is 5.73 Å². The van der Waals surface area contributed by atoms with Crippen molar-refractivity contribution in [2.24, 2.45) is 0 Å². The maximum Gasteiger partial charge on any atom is 0.262 e. The van der Waals surface area contributed by atoms with Crippen LogP contribution in [-0.4, -0.2) is 15.2 Å². The van der Waals surface area contributed by atoms with Crippen LogP contribution in [-0.2, 0) is 0 Å². The third-order valence-electron chi connectivity index (χ3n) is 2.79. The van der Waals surface area contributed by atoms with Crippen LogP contribution in [0.1, 0.15) is 0 Å². The van der Waals surface area contributed by atoms with Crippen LogP contribution in [0.2, 0.25) is 0 Å². The predicted octanol–water partition coefficient (Wildman–Crippen LogP) is 3.45. The molecule has 0 aliphatic rings. The number of nitrogens with two attached hydrogens (primary N) is 1. The van der Waals surface area contributed by atoms with Gasteiger partial charge >= 0.3 is 0 Å². The van der Waals surface area contributed by atoms with Crippen molar-refractivity contribution in [3.8, 4) is 28.6 Å². The minimum absolute atomic E-state index is 0.00678. The molecule has 6 heteroatoms. The van der Waals surface area contributed by atoms with Crippen molar-refractivity contribution >= 4 is 21.6 Å². The number of aromatic hydroxyl groups is 1. The summed E-state index contributed by atoms with van der Waals surface area (Å²) in [4.78, 5) is 4.29. The van der Waals surface area contributed by atoms with Crippen molar-refractivity contribution in [3.63, 3.8) is 0 Å². The second kappa shape index (κ2) is 4.97. The first-order chi connectivity index (χ1) is 9.65. The molecule has 100 valence electrons. The van der Waals surface area contributed by atoms with E-state index in [9.17, 15) is 5.11 Å². The largest absolute Gasteiger partial charge is 0.507 e. The fourth-order valence-corrected chi connectivity index (χ4v) is 2.28. The Morgan fingerprint density at radius 2 is 1.90 bits per heavy atom. The number of anilines is 1. The van der Waals surface area contributed by atoms with Crippen molar-refractivity contribution in [1.82, 2.24) is 10.1 Å². The van der Waals surface area contributed by atoms with Gasteiger partial charge in [-0.3, -0.25) is 0 Å². The first-order valence-electron chi connectivity index (χ1n) is 5.82. The van der Waals surface area contributed by atoms with E-state index in [1.54, 1.807) is 12.1 Å². The van der Waals surface area contributed by atoms with Gasteiger partial charge in [-0.25, -0.2) is 0 Å². The zero-order chi connectivity index (χ0) is 14.1. The summed E-state index contributed by atoms with van der Waals surface area (Å²) in [5.74, 6) is 0.698. The Kier molecular flexibility index (Phi) is 3.15. The van der Waals surface area contributed by atoms with Crippen LogP contribution in [0, 0.1) is 0 Å². The molecule has 1 heterocycles. The minimum atomic E-state index is 0.00678. The van der Waals surface area contributed by atoms with E-state index in [0.29, 0.717) is 17.1 Å². The molecule has 0 spiro atoms. The van der Waals surface area contributed by atoms with E-state index in [1.165, 1.54) is 6.07 Å². The summed E-state index contributed by atoms with van der Waals surface area (Å²) in [6.45, 7) is 0. The van der Waals surface area contributed by atoms with Gasteiger partial charge in [-0.1, -0.05) is 33.2 Å². The van der Waals surface area contributed by atoms with Crippen molar-refractivity contribution < 1.29 is 9.63 Å². The van der Waals surface area contributed by atoms with E-state index < -0.39 is 0 Å². The molecule has 0 fully saturated rings. The number of rotatable bonds is 2. The van der Waals surface area contributed by atoms with Crippen molar-refractivity contribution in [1.29, 1.82) is 0 Å². The molecular formula is C14H10BrN3O2. The number of hydrogen-bond donors (Lipinski definition) is 2. The van der Waals surface area contributed by atoms with Gasteiger partial charge in [-0.2, -0.15) is 4.98 Å². The van der Waals surface area contributed by atoms with Gasteiger partial charge in [0.15, 0.2) is 0 Å². The summed E-state index contributed by atoms with van der Waals surface area (Å²) in [7, 11) is 0. The summed E-state index contributed by atoms with van der Waals surface area (Å²) in [6, 6.07) is 12.3. The minimum Gasteiger partial charge on any atom is -0.507 e. The Labute approximate surface area is 123 Å². The summed E-state index contributed by atoms with van der Waals surface area (Å²) in [6.07, 6.45) is 0. The van der Waals surface area contributed by atoms with Crippen LogP contribution in [0.25, 0.3) is 22.8 Å². The summed E-state index contributed by atoms with van der Waals surface area (Å²) in [5, 5.41) is 13.8. The van der Waals surface area contributed by atoms with Crippen LogP contribution in [0.3, 0.4) is 0 Å². The zero-order valence-corrected chi connectivity index (χ0v) is 11.8. The smallest absolute Gasteiger partial charge is 0.262 e. The highest BCUT2D eigenvalue weighted by Gasteiger charge is 2.15. The Hall–Kier alpha value is -2.34. The van der Waals surface area contributed by atoms with E-state index in [2.05, 4.69) is 26.1 Å². The number of benzene rings is 2. The molecule has 0 amide bonds. The maximum atomic E-state index is 9.86. The lowest BCUT2D eigenvalue weighted by atomic mass is 10.2. The average molecular weight is 332 g/mol. The number of nitrogen functional groups attached to an aromatic ring is 1. The van der Waals surface area contributed by atoms with Crippen LogP contribution in [0.4, 0.5) is 5.69 Å². The van der Waals surface area contributed by atoms with Crippen LogP contribution in [0.5, 0.6) is 5.75 Å². The number of nitrogens with zero attached hydrogens (tertiary/aromatic N) is 2. The summed E-state index contributed by atoms with van der Waals surface area (Å²) < 4.78 is 6.07. The number of phenols is 1. The van der Waals surface area contributed by atoms with Gasteiger partial charge in [0, 0.05) is 21.8 Å². The number of halogens is 1. The van der Waals surface area contributed by atoms with Gasteiger partial charge in [0.25, 0.3) is 5.89 Å². The first kappa shape index (κ1) is 12.7. The molecule has 0 atom stereocenters. The Morgan fingerprint density at radius 3 is 2.65 bits per heavy atom. The molecule has 1 aromatic heterocycles. The van der Waals surface area contributed by atoms with Gasteiger partial charge in [0.2, 0.25) is 5.82 Å². The van der Waals surface area contributed by atoms with E-state index in [-0.39, 0.29) is 11.6 Å². The molecule has 0 aliphatic heterocycles. The van der Waals surface area contributed by atoms with E-state index in [0.717, 1.165) is 10.0 Å². The topological polar surface area (TPSA) is 85.2 Å². The second-order valence-electron chi connectivity index (χ2n) is 4.18. The molecule has 5 nitrogen and oxygen atoms in total. The highest BCUT2D eigenvalue weighted by molar-refractivity contribution is 9.10. The Balaban J connectivity index is 2.04. The molecule has 0 bridgehead atoms. The molecule has 0 aliphatic carbocycles. The molecule has 3 N–H and O–H groups in total. The molecule has 0 unspecified atom stereocenters. The Bertz CT molecular complexity index is 771. The fraction of sp³-hybridized carbons (Fsp3) is 0. The Morgan fingerprint density at radius 1 is 1.10 bits per heavy atom. The zero-order valence-electron chi connectivity index (χ0n) is 10.2. The molecule has 0 radical (unpaired) electrons. The molecular weight excluding hydrogens is 322 g/mol. The standard InChI is InChI=1S/C14H10BrN3O2/c15-11-4-2-1-3-9(11)13-17-14(20-18-13)10-6-5-8(16)7-12(10)19/h1-7,19H,16H2.